The molecule has 150 valence electrons. The molecule has 2 aromatic heterocycles. The van der Waals surface area contributed by atoms with Gasteiger partial charge in [0.15, 0.2) is 0 Å². The average molecular weight is 391 g/mol. The van der Waals surface area contributed by atoms with Gasteiger partial charge in [0.05, 0.1) is 0 Å². The molecule has 0 saturated carbocycles. The van der Waals surface area contributed by atoms with E-state index in [0.717, 1.165) is 40.1 Å². The summed E-state index contributed by atoms with van der Waals surface area (Å²) >= 11 is 0. The molecule has 3 aromatic rings. The molecule has 3 rings (SSSR count). The molecule has 0 aliphatic heterocycles. The van der Waals surface area contributed by atoms with E-state index in [1.54, 1.807) is 31.4 Å². The zero-order valence-corrected chi connectivity index (χ0v) is 16.6. The quantitative estimate of drug-likeness (QED) is 0.493. The molecule has 0 spiro atoms. The largest absolute Gasteiger partial charge is 0.508 e. The van der Waals surface area contributed by atoms with E-state index in [1.165, 1.54) is 0 Å². The number of carbonyl (C=O) groups is 1. The highest BCUT2D eigenvalue weighted by molar-refractivity contribution is 5.93. The second-order valence-electron chi connectivity index (χ2n) is 6.50. The molecule has 2 heterocycles. The SMILES string of the molecule is CCc1c(-c2ccc(O)cc2)cnc(NCCN)c1-c1ccc(C(=O)NC)nc1. The Morgan fingerprint density at radius 2 is 1.79 bits per heavy atom. The molecule has 0 aliphatic carbocycles. The van der Waals surface area contributed by atoms with Crippen molar-refractivity contribution < 1.29 is 9.90 Å². The van der Waals surface area contributed by atoms with Gasteiger partial charge in [-0.3, -0.25) is 9.78 Å². The number of amides is 1. The summed E-state index contributed by atoms with van der Waals surface area (Å²) in [6.07, 6.45) is 4.29. The van der Waals surface area contributed by atoms with E-state index in [1.807, 2.05) is 24.4 Å². The number of hydrogen-bond donors (Lipinski definition) is 4. The Morgan fingerprint density at radius 3 is 2.38 bits per heavy atom. The number of aromatic nitrogens is 2. The highest BCUT2D eigenvalue weighted by Crippen LogP contribution is 2.37. The second kappa shape index (κ2) is 9.16. The van der Waals surface area contributed by atoms with E-state index in [9.17, 15) is 9.90 Å². The lowest BCUT2D eigenvalue weighted by atomic mass is 9.92. The van der Waals surface area contributed by atoms with Crippen molar-refractivity contribution in [3.05, 3.63) is 60.0 Å². The fourth-order valence-electron chi connectivity index (χ4n) is 3.25. The predicted octanol–water partition coefficient (Wildman–Crippen LogP) is 2.81. The number of rotatable bonds is 7. The van der Waals surface area contributed by atoms with E-state index in [2.05, 4.69) is 27.5 Å². The standard InChI is InChI=1S/C22H25N5O2/c1-3-17-18(14-4-7-16(28)8-5-14)13-27-21(25-11-10-23)20(17)15-6-9-19(26-12-15)22(29)24-2/h4-9,12-13,28H,3,10-11,23H2,1-2H3,(H,24,29)(H,25,27). The number of pyridine rings is 2. The molecule has 0 bridgehead atoms. The molecule has 0 unspecified atom stereocenters. The lowest BCUT2D eigenvalue weighted by Gasteiger charge is -2.18. The fourth-order valence-corrected chi connectivity index (χ4v) is 3.25. The van der Waals surface area contributed by atoms with Crippen LogP contribution in [-0.4, -0.2) is 41.1 Å². The highest BCUT2D eigenvalue weighted by Gasteiger charge is 2.17. The smallest absolute Gasteiger partial charge is 0.269 e. The number of nitrogens with one attached hydrogen (secondary N) is 2. The summed E-state index contributed by atoms with van der Waals surface area (Å²) in [6, 6.07) is 10.6. The van der Waals surface area contributed by atoms with Gasteiger partial charge >= 0.3 is 0 Å². The molecular weight excluding hydrogens is 366 g/mol. The van der Waals surface area contributed by atoms with Gasteiger partial charge in [0.25, 0.3) is 5.91 Å². The Labute approximate surface area is 170 Å². The second-order valence-corrected chi connectivity index (χ2v) is 6.50. The van der Waals surface area contributed by atoms with Gasteiger partial charge in [0, 0.05) is 49.2 Å². The normalized spacial score (nSPS) is 10.6. The lowest BCUT2D eigenvalue weighted by molar-refractivity contribution is 0.0958. The van der Waals surface area contributed by atoms with Gasteiger partial charge in [-0.15, -0.1) is 0 Å². The Morgan fingerprint density at radius 1 is 1.07 bits per heavy atom. The van der Waals surface area contributed by atoms with Gasteiger partial charge in [-0.25, -0.2) is 4.98 Å². The molecule has 29 heavy (non-hydrogen) atoms. The molecule has 7 nitrogen and oxygen atoms in total. The topological polar surface area (TPSA) is 113 Å². The van der Waals surface area contributed by atoms with E-state index < -0.39 is 0 Å². The van der Waals surface area contributed by atoms with Crippen LogP contribution in [0.15, 0.2) is 48.8 Å². The third kappa shape index (κ3) is 4.35. The van der Waals surface area contributed by atoms with E-state index in [0.29, 0.717) is 18.8 Å². The van der Waals surface area contributed by atoms with Crippen LogP contribution in [0.1, 0.15) is 23.0 Å². The summed E-state index contributed by atoms with van der Waals surface area (Å²) in [5.74, 6) is 0.712. The zero-order valence-electron chi connectivity index (χ0n) is 16.6. The van der Waals surface area contributed by atoms with Crippen molar-refractivity contribution in [1.82, 2.24) is 15.3 Å². The molecular formula is C22H25N5O2. The molecule has 7 heteroatoms. The number of aromatic hydroxyl groups is 1. The van der Waals surface area contributed by atoms with Crippen LogP contribution in [0.2, 0.25) is 0 Å². The van der Waals surface area contributed by atoms with Crippen LogP contribution in [0.3, 0.4) is 0 Å². The lowest BCUT2D eigenvalue weighted by Crippen LogP contribution is -2.19. The molecule has 0 fully saturated rings. The minimum Gasteiger partial charge on any atom is -0.508 e. The van der Waals surface area contributed by atoms with Crippen molar-refractivity contribution >= 4 is 11.7 Å². The van der Waals surface area contributed by atoms with Crippen molar-refractivity contribution in [3.63, 3.8) is 0 Å². The van der Waals surface area contributed by atoms with Crippen molar-refractivity contribution in [2.24, 2.45) is 5.73 Å². The Hall–Kier alpha value is -3.45. The maximum absolute atomic E-state index is 11.8. The minimum atomic E-state index is -0.232. The molecule has 1 aromatic carbocycles. The first-order valence-corrected chi connectivity index (χ1v) is 9.52. The van der Waals surface area contributed by atoms with Gasteiger partial charge in [0.1, 0.15) is 17.3 Å². The van der Waals surface area contributed by atoms with Gasteiger partial charge in [-0.05, 0) is 35.7 Å². The van der Waals surface area contributed by atoms with Crippen LogP contribution in [0.25, 0.3) is 22.3 Å². The maximum atomic E-state index is 11.8. The van der Waals surface area contributed by atoms with Gasteiger partial charge in [-0.1, -0.05) is 25.1 Å². The number of carbonyl (C=O) groups excluding carboxylic acids is 1. The van der Waals surface area contributed by atoms with E-state index >= 15 is 0 Å². The summed E-state index contributed by atoms with van der Waals surface area (Å²) in [5.41, 5.74) is 10.9. The summed E-state index contributed by atoms with van der Waals surface area (Å²) < 4.78 is 0. The van der Waals surface area contributed by atoms with Crippen molar-refractivity contribution in [3.8, 4) is 28.0 Å². The number of anilines is 1. The van der Waals surface area contributed by atoms with Gasteiger partial charge in [-0.2, -0.15) is 0 Å². The monoisotopic (exact) mass is 391 g/mol. The molecule has 0 aliphatic rings. The molecule has 5 N–H and O–H groups in total. The Kier molecular flexibility index (Phi) is 6.41. The first-order chi connectivity index (χ1) is 14.1. The zero-order chi connectivity index (χ0) is 20.8. The van der Waals surface area contributed by atoms with Crippen molar-refractivity contribution in [2.75, 3.05) is 25.5 Å². The predicted molar refractivity (Wildman–Crippen MR) is 115 cm³/mol. The minimum absolute atomic E-state index is 0.218. The molecule has 0 radical (unpaired) electrons. The highest BCUT2D eigenvalue weighted by atomic mass is 16.3. The molecule has 0 atom stereocenters. The number of phenols is 1. The molecule has 0 saturated heterocycles. The first-order valence-electron chi connectivity index (χ1n) is 9.52. The van der Waals surface area contributed by atoms with Gasteiger partial charge in [0.2, 0.25) is 0 Å². The summed E-state index contributed by atoms with van der Waals surface area (Å²) in [4.78, 5) is 20.8. The van der Waals surface area contributed by atoms with E-state index in [-0.39, 0.29) is 11.7 Å². The van der Waals surface area contributed by atoms with Crippen LogP contribution in [0.5, 0.6) is 5.75 Å². The average Bonchev–Trinajstić information content (AvgIpc) is 2.77. The van der Waals surface area contributed by atoms with Gasteiger partial charge < -0.3 is 21.5 Å². The Balaban J connectivity index is 2.16. The number of hydrogen-bond acceptors (Lipinski definition) is 6. The van der Waals surface area contributed by atoms with Crippen molar-refractivity contribution in [2.45, 2.75) is 13.3 Å². The Bertz CT molecular complexity index is 985. The first kappa shape index (κ1) is 20.3. The number of nitrogens with zero attached hydrogens (tertiary/aromatic N) is 2. The summed E-state index contributed by atoms with van der Waals surface area (Å²) in [7, 11) is 1.58. The van der Waals surface area contributed by atoms with Crippen LogP contribution >= 0.6 is 0 Å². The summed E-state index contributed by atoms with van der Waals surface area (Å²) in [5, 5.41) is 15.5. The number of nitrogens with two attached hydrogens (primary N) is 1. The van der Waals surface area contributed by atoms with Crippen LogP contribution in [0.4, 0.5) is 5.82 Å². The third-order valence-electron chi connectivity index (χ3n) is 4.67. The van der Waals surface area contributed by atoms with Crippen LogP contribution in [0, 0.1) is 0 Å². The van der Waals surface area contributed by atoms with Crippen LogP contribution in [-0.2, 0) is 6.42 Å². The van der Waals surface area contributed by atoms with E-state index in [4.69, 9.17) is 5.73 Å². The van der Waals surface area contributed by atoms with Crippen molar-refractivity contribution in [1.29, 1.82) is 0 Å². The maximum Gasteiger partial charge on any atom is 0.269 e. The summed E-state index contributed by atoms with van der Waals surface area (Å²) in [6.45, 7) is 3.16. The van der Waals surface area contributed by atoms with Crippen LogP contribution < -0.4 is 16.4 Å². The number of benzene rings is 1. The molecule has 1 amide bonds. The third-order valence-corrected chi connectivity index (χ3v) is 4.67. The number of phenolic OH excluding ortho intramolecular Hbond substituents is 1. The fraction of sp³-hybridized carbons (Fsp3) is 0.227.